The number of ketones is 2. The first-order valence-corrected chi connectivity index (χ1v) is 11.9. The normalized spacial score (nSPS) is 10.5. The van der Waals surface area contributed by atoms with E-state index in [1.807, 2.05) is 0 Å². The molecule has 0 saturated heterocycles. The van der Waals surface area contributed by atoms with E-state index in [0.717, 1.165) is 0 Å². The first-order chi connectivity index (χ1) is 18.5. The van der Waals surface area contributed by atoms with E-state index in [4.69, 9.17) is 20.9 Å². The van der Waals surface area contributed by atoms with Crippen molar-refractivity contribution < 1.29 is 19.1 Å². The average molecular weight is 501 g/mol. The topological polar surface area (TPSA) is 105 Å². The fraction of sp³-hybridized carbons (Fsp3) is 0. The Labute approximate surface area is 220 Å². The van der Waals surface area contributed by atoms with Crippen LogP contribution in [0.5, 0.6) is 23.0 Å². The number of carbonyl (C=O) groups excluding carboxylic acids is 2. The van der Waals surface area contributed by atoms with Crippen LogP contribution in [0.4, 0.5) is 11.4 Å². The lowest BCUT2D eigenvalue weighted by atomic mass is 9.92. The van der Waals surface area contributed by atoms with E-state index in [2.05, 4.69) is 0 Å². The molecule has 0 unspecified atom stereocenters. The molecular formula is C32H24N2O4. The Balaban J connectivity index is 1.49. The molecule has 0 fully saturated rings. The van der Waals surface area contributed by atoms with Crippen molar-refractivity contribution in [2.45, 2.75) is 0 Å². The summed E-state index contributed by atoms with van der Waals surface area (Å²) in [6, 6.07) is 34.4. The highest BCUT2D eigenvalue weighted by molar-refractivity contribution is 6.21. The third-order valence-corrected chi connectivity index (χ3v) is 5.90. The maximum Gasteiger partial charge on any atom is 0.197 e. The Hall–Kier alpha value is -5.36. The van der Waals surface area contributed by atoms with Gasteiger partial charge in [-0.25, -0.2) is 0 Å². The van der Waals surface area contributed by atoms with E-state index < -0.39 is 0 Å². The van der Waals surface area contributed by atoms with Crippen LogP contribution in [0.25, 0.3) is 0 Å². The largest absolute Gasteiger partial charge is 0.457 e. The van der Waals surface area contributed by atoms with E-state index in [1.165, 1.54) is 0 Å². The number of nitrogen functional groups attached to an aromatic ring is 2. The molecule has 4 N–H and O–H groups in total. The van der Waals surface area contributed by atoms with E-state index in [9.17, 15) is 9.59 Å². The molecule has 5 aromatic rings. The van der Waals surface area contributed by atoms with Gasteiger partial charge < -0.3 is 20.9 Å². The van der Waals surface area contributed by atoms with Crippen LogP contribution < -0.4 is 20.9 Å². The number of ether oxygens (including phenoxy) is 2. The lowest BCUT2D eigenvalue weighted by Gasteiger charge is -2.14. The number of hydrogen-bond donors (Lipinski definition) is 2. The van der Waals surface area contributed by atoms with Crippen molar-refractivity contribution in [2.75, 3.05) is 11.5 Å². The quantitative estimate of drug-likeness (QED) is 0.177. The molecule has 0 heterocycles. The molecular weight excluding hydrogens is 476 g/mol. The number of rotatable bonds is 8. The van der Waals surface area contributed by atoms with Gasteiger partial charge >= 0.3 is 0 Å². The summed E-state index contributed by atoms with van der Waals surface area (Å²) in [7, 11) is 0. The van der Waals surface area contributed by atoms with Crippen molar-refractivity contribution in [3.8, 4) is 23.0 Å². The number of hydrogen-bond acceptors (Lipinski definition) is 6. The first kappa shape index (κ1) is 24.3. The molecule has 38 heavy (non-hydrogen) atoms. The molecule has 0 spiro atoms. The Morgan fingerprint density at radius 2 is 0.737 bits per heavy atom. The Kier molecular flexibility index (Phi) is 6.87. The first-order valence-electron chi connectivity index (χ1n) is 11.9. The Morgan fingerprint density at radius 1 is 0.421 bits per heavy atom. The van der Waals surface area contributed by atoms with Gasteiger partial charge in [0.15, 0.2) is 11.6 Å². The van der Waals surface area contributed by atoms with Gasteiger partial charge in [-0.1, -0.05) is 48.5 Å². The van der Waals surface area contributed by atoms with Gasteiger partial charge in [-0.15, -0.1) is 0 Å². The minimum absolute atomic E-state index is 0.258. The second kappa shape index (κ2) is 10.7. The summed E-state index contributed by atoms with van der Waals surface area (Å²) in [6.45, 7) is 0. The highest BCUT2D eigenvalue weighted by Crippen LogP contribution is 2.31. The van der Waals surface area contributed by atoms with Gasteiger partial charge in [-0.2, -0.15) is 0 Å². The minimum Gasteiger partial charge on any atom is -0.457 e. The van der Waals surface area contributed by atoms with Crippen molar-refractivity contribution in [2.24, 2.45) is 0 Å². The zero-order valence-corrected chi connectivity index (χ0v) is 20.3. The van der Waals surface area contributed by atoms with E-state index in [0.29, 0.717) is 45.5 Å². The molecule has 0 aliphatic carbocycles. The Morgan fingerprint density at radius 3 is 1.11 bits per heavy atom. The summed E-state index contributed by atoms with van der Waals surface area (Å²) in [5.41, 5.74) is 13.9. The summed E-state index contributed by atoms with van der Waals surface area (Å²) < 4.78 is 12.0. The van der Waals surface area contributed by atoms with Crippen LogP contribution in [-0.4, -0.2) is 11.6 Å². The maximum absolute atomic E-state index is 13.8. The van der Waals surface area contributed by atoms with E-state index in [-0.39, 0.29) is 22.7 Å². The van der Waals surface area contributed by atoms with Crippen LogP contribution in [0.3, 0.4) is 0 Å². The van der Waals surface area contributed by atoms with Crippen LogP contribution in [0.15, 0.2) is 121 Å². The van der Waals surface area contributed by atoms with Gasteiger partial charge in [0.25, 0.3) is 0 Å². The van der Waals surface area contributed by atoms with Crippen molar-refractivity contribution >= 4 is 22.9 Å². The number of anilines is 2. The average Bonchev–Trinajstić information content (AvgIpc) is 2.95. The summed E-state index contributed by atoms with van der Waals surface area (Å²) in [6.07, 6.45) is 0. The number of para-hydroxylation sites is 2. The molecule has 0 aliphatic rings. The molecule has 6 nitrogen and oxygen atoms in total. The third-order valence-electron chi connectivity index (χ3n) is 5.90. The third kappa shape index (κ3) is 5.24. The molecule has 0 saturated carbocycles. The van der Waals surface area contributed by atoms with Crippen molar-refractivity contribution in [1.29, 1.82) is 0 Å². The van der Waals surface area contributed by atoms with Gasteiger partial charge in [0.2, 0.25) is 0 Å². The van der Waals surface area contributed by atoms with Crippen LogP contribution in [-0.2, 0) is 0 Å². The lowest BCUT2D eigenvalue weighted by Crippen LogP contribution is -2.12. The maximum atomic E-state index is 13.8. The summed E-state index contributed by atoms with van der Waals surface area (Å²) >= 11 is 0. The van der Waals surface area contributed by atoms with Crippen LogP contribution in [0.2, 0.25) is 0 Å². The highest BCUT2D eigenvalue weighted by atomic mass is 16.5. The molecule has 0 amide bonds. The zero-order valence-electron chi connectivity index (χ0n) is 20.3. The summed E-state index contributed by atoms with van der Waals surface area (Å²) in [5.74, 6) is 1.15. The van der Waals surface area contributed by atoms with Gasteiger partial charge in [-0.05, 0) is 72.8 Å². The van der Waals surface area contributed by atoms with Crippen LogP contribution >= 0.6 is 0 Å². The number of benzene rings is 5. The lowest BCUT2D eigenvalue weighted by molar-refractivity contribution is 0.100. The van der Waals surface area contributed by atoms with Crippen molar-refractivity contribution in [3.63, 3.8) is 0 Å². The molecule has 0 atom stereocenters. The molecule has 0 bridgehead atoms. The monoisotopic (exact) mass is 500 g/mol. The second-order valence-corrected chi connectivity index (χ2v) is 8.54. The zero-order chi connectivity index (χ0) is 26.5. The summed E-state index contributed by atoms with van der Waals surface area (Å²) in [5, 5.41) is 0. The van der Waals surface area contributed by atoms with Gasteiger partial charge in [0.1, 0.15) is 23.0 Å². The second-order valence-electron chi connectivity index (χ2n) is 8.54. The standard InChI is InChI=1S/C32H24N2O4/c33-21-13-17-23(18-14-21)37-29-11-5-3-9-27(29)31(35)25-7-1-2-8-26(25)32(36)28-10-4-6-12-30(28)38-24-19-15-22(34)16-20-24/h1-20H,33-34H2. The molecule has 0 aromatic heterocycles. The molecule has 186 valence electrons. The minimum atomic E-state index is -0.336. The smallest absolute Gasteiger partial charge is 0.197 e. The van der Waals surface area contributed by atoms with E-state index >= 15 is 0 Å². The molecule has 5 rings (SSSR count). The number of carbonyl (C=O) groups is 2. The molecule has 5 aromatic carbocycles. The van der Waals surface area contributed by atoms with Gasteiger partial charge in [-0.3, -0.25) is 9.59 Å². The van der Waals surface area contributed by atoms with Crippen molar-refractivity contribution in [1.82, 2.24) is 0 Å². The number of nitrogens with two attached hydrogens (primary N) is 2. The predicted octanol–water partition coefficient (Wildman–Crippen LogP) is 6.90. The predicted molar refractivity (Wildman–Crippen MR) is 148 cm³/mol. The highest BCUT2D eigenvalue weighted by Gasteiger charge is 2.23. The summed E-state index contributed by atoms with van der Waals surface area (Å²) in [4.78, 5) is 27.6. The molecule has 6 heteroatoms. The van der Waals surface area contributed by atoms with Crippen LogP contribution in [0.1, 0.15) is 31.8 Å². The van der Waals surface area contributed by atoms with Gasteiger partial charge in [0.05, 0.1) is 11.1 Å². The Bertz CT molecular complexity index is 1490. The van der Waals surface area contributed by atoms with Gasteiger partial charge in [0, 0.05) is 22.5 Å². The van der Waals surface area contributed by atoms with Crippen LogP contribution in [0, 0.1) is 0 Å². The van der Waals surface area contributed by atoms with Crippen molar-refractivity contribution in [3.05, 3.63) is 144 Å². The molecule has 0 aliphatic heterocycles. The molecule has 0 radical (unpaired) electrons. The fourth-order valence-electron chi connectivity index (χ4n) is 3.98. The fourth-order valence-corrected chi connectivity index (χ4v) is 3.98. The SMILES string of the molecule is Nc1ccc(Oc2ccccc2C(=O)c2ccccc2C(=O)c2ccccc2Oc2ccc(N)cc2)cc1. The van der Waals surface area contributed by atoms with E-state index in [1.54, 1.807) is 121 Å².